The molecule has 0 aliphatic carbocycles. The molecule has 0 aliphatic rings. The van der Waals surface area contributed by atoms with E-state index in [-0.39, 0.29) is 0 Å². The Morgan fingerprint density at radius 3 is 2.88 bits per heavy atom. The van der Waals surface area contributed by atoms with E-state index in [1.165, 1.54) is 11.8 Å². The van der Waals surface area contributed by atoms with Gasteiger partial charge in [-0.1, -0.05) is 12.1 Å². The van der Waals surface area contributed by atoms with Gasteiger partial charge in [0.1, 0.15) is 10.8 Å². The minimum Gasteiger partial charge on any atom is -0.384 e. The van der Waals surface area contributed by atoms with Crippen LogP contribution in [0.3, 0.4) is 0 Å². The molecular weight excluding hydrogens is 234 g/mol. The van der Waals surface area contributed by atoms with Gasteiger partial charge in [0.2, 0.25) is 5.16 Å². The fourth-order valence-electron chi connectivity index (χ4n) is 1.47. The molecule has 84 valence electrons. The number of pyridine rings is 2. The predicted molar refractivity (Wildman–Crippen MR) is 65.8 cm³/mol. The zero-order chi connectivity index (χ0) is 11.7. The van der Waals surface area contributed by atoms with Crippen LogP contribution in [0.1, 0.15) is 0 Å². The van der Waals surface area contributed by atoms with E-state index in [0.717, 1.165) is 15.8 Å². The predicted octanol–water partition coefficient (Wildman–Crippen LogP) is 1.86. The minimum atomic E-state index is 0.504. The first-order valence-electron chi connectivity index (χ1n) is 5.03. The molecule has 3 aromatic heterocycles. The van der Waals surface area contributed by atoms with E-state index >= 15 is 0 Å². The van der Waals surface area contributed by atoms with Crippen LogP contribution in [0.25, 0.3) is 5.65 Å². The molecule has 5 nitrogen and oxygen atoms in total. The highest BCUT2D eigenvalue weighted by Crippen LogP contribution is 2.24. The summed E-state index contributed by atoms with van der Waals surface area (Å²) in [6, 6.07) is 11.3. The van der Waals surface area contributed by atoms with Gasteiger partial charge >= 0.3 is 0 Å². The summed E-state index contributed by atoms with van der Waals surface area (Å²) in [5.74, 6) is 0.504. The van der Waals surface area contributed by atoms with Gasteiger partial charge in [0, 0.05) is 6.20 Å². The number of nitrogens with two attached hydrogens (primary N) is 1. The lowest BCUT2D eigenvalue weighted by molar-refractivity contribution is 0.917. The fourth-order valence-corrected chi connectivity index (χ4v) is 2.29. The van der Waals surface area contributed by atoms with Gasteiger partial charge in [-0.25, -0.2) is 4.98 Å². The molecule has 0 saturated heterocycles. The van der Waals surface area contributed by atoms with Crippen molar-refractivity contribution < 1.29 is 0 Å². The van der Waals surface area contributed by atoms with Crippen LogP contribution in [-0.2, 0) is 0 Å². The molecule has 0 atom stereocenters. The number of hydrogen-bond acceptors (Lipinski definition) is 5. The second-order valence-corrected chi connectivity index (χ2v) is 4.40. The Hall–Kier alpha value is -2.08. The Kier molecular flexibility index (Phi) is 2.41. The zero-order valence-corrected chi connectivity index (χ0v) is 9.63. The molecule has 0 radical (unpaired) electrons. The first-order valence-corrected chi connectivity index (χ1v) is 5.85. The molecule has 0 bridgehead atoms. The van der Waals surface area contributed by atoms with E-state index < -0.39 is 0 Å². The molecule has 3 rings (SSSR count). The SMILES string of the molecule is Nc1cccc(Sc2nnc3ccccn23)n1. The number of hydrogen-bond donors (Lipinski definition) is 1. The quantitative estimate of drug-likeness (QED) is 0.744. The summed E-state index contributed by atoms with van der Waals surface area (Å²) in [6.45, 7) is 0. The van der Waals surface area contributed by atoms with Crippen molar-refractivity contribution >= 4 is 23.2 Å². The van der Waals surface area contributed by atoms with Crippen LogP contribution < -0.4 is 5.73 Å². The van der Waals surface area contributed by atoms with E-state index in [9.17, 15) is 0 Å². The van der Waals surface area contributed by atoms with E-state index in [1.54, 1.807) is 6.07 Å². The second-order valence-electron chi connectivity index (χ2n) is 3.41. The monoisotopic (exact) mass is 243 g/mol. The largest absolute Gasteiger partial charge is 0.384 e. The number of nitrogens with zero attached hydrogens (tertiary/aromatic N) is 4. The van der Waals surface area contributed by atoms with Gasteiger partial charge in [-0.3, -0.25) is 4.40 Å². The van der Waals surface area contributed by atoms with E-state index in [1.807, 2.05) is 40.9 Å². The summed E-state index contributed by atoms with van der Waals surface area (Å²) < 4.78 is 1.91. The van der Waals surface area contributed by atoms with Crippen molar-refractivity contribution in [3.8, 4) is 0 Å². The summed E-state index contributed by atoms with van der Waals surface area (Å²) in [4.78, 5) is 4.21. The van der Waals surface area contributed by atoms with Gasteiger partial charge in [0.15, 0.2) is 5.65 Å². The van der Waals surface area contributed by atoms with Crippen molar-refractivity contribution in [2.75, 3.05) is 5.73 Å². The first-order chi connectivity index (χ1) is 8.33. The Morgan fingerprint density at radius 1 is 1.06 bits per heavy atom. The lowest BCUT2D eigenvalue weighted by Crippen LogP contribution is -1.91. The number of aromatic nitrogens is 4. The lowest BCUT2D eigenvalue weighted by atomic mass is 10.5. The third-order valence-corrected chi connectivity index (χ3v) is 3.12. The first kappa shape index (κ1) is 10.1. The Balaban J connectivity index is 2.00. The summed E-state index contributed by atoms with van der Waals surface area (Å²) in [6.07, 6.45) is 1.92. The molecule has 2 N–H and O–H groups in total. The van der Waals surface area contributed by atoms with E-state index in [4.69, 9.17) is 5.73 Å². The maximum atomic E-state index is 5.63. The molecule has 3 heterocycles. The molecule has 0 saturated carbocycles. The van der Waals surface area contributed by atoms with E-state index in [2.05, 4.69) is 15.2 Å². The van der Waals surface area contributed by atoms with Crippen molar-refractivity contribution in [1.82, 2.24) is 19.6 Å². The van der Waals surface area contributed by atoms with Gasteiger partial charge in [0.05, 0.1) is 0 Å². The Bertz CT molecular complexity index is 664. The zero-order valence-electron chi connectivity index (χ0n) is 8.82. The molecule has 0 fully saturated rings. The molecule has 0 amide bonds. The standard InChI is InChI=1S/C11H9N5S/c12-8-4-3-6-10(13-8)17-11-15-14-9-5-1-2-7-16(9)11/h1-7H,(H2,12,13). The average Bonchev–Trinajstić information content (AvgIpc) is 2.73. The molecule has 0 aliphatic heterocycles. The highest BCUT2D eigenvalue weighted by atomic mass is 32.2. The van der Waals surface area contributed by atoms with Crippen LogP contribution in [0.4, 0.5) is 5.82 Å². The Morgan fingerprint density at radius 2 is 2.00 bits per heavy atom. The number of nitrogen functional groups attached to an aromatic ring is 1. The normalized spacial score (nSPS) is 10.8. The van der Waals surface area contributed by atoms with Crippen molar-refractivity contribution in [2.45, 2.75) is 10.2 Å². The molecule has 17 heavy (non-hydrogen) atoms. The summed E-state index contributed by atoms with van der Waals surface area (Å²) in [7, 11) is 0. The number of rotatable bonds is 2. The third-order valence-electron chi connectivity index (χ3n) is 2.22. The van der Waals surface area contributed by atoms with Gasteiger partial charge in [-0.15, -0.1) is 10.2 Å². The van der Waals surface area contributed by atoms with Gasteiger partial charge in [-0.2, -0.15) is 0 Å². The molecular formula is C11H9N5S. The topological polar surface area (TPSA) is 69.1 Å². The van der Waals surface area contributed by atoms with Crippen LogP contribution >= 0.6 is 11.8 Å². The smallest absolute Gasteiger partial charge is 0.201 e. The molecule has 0 aromatic carbocycles. The van der Waals surface area contributed by atoms with Crippen LogP contribution in [0, 0.1) is 0 Å². The summed E-state index contributed by atoms with van der Waals surface area (Å²) in [5, 5.41) is 9.77. The second kappa shape index (κ2) is 4.06. The van der Waals surface area contributed by atoms with Crippen molar-refractivity contribution in [3.63, 3.8) is 0 Å². The van der Waals surface area contributed by atoms with Gasteiger partial charge in [0.25, 0.3) is 0 Å². The van der Waals surface area contributed by atoms with Gasteiger partial charge < -0.3 is 5.73 Å². The highest BCUT2D eigenvalue weighted by Gasteiger charge is 2.07. The fraction of sp³-hybridized carbons (Fsp3) is 0. The molecule has 6 heteroatoms. The molecule has 0 unspecified atom stereocenters. The maximum absolute atomic E-state index is 5.63. The van der Waals surface area contributed by atoms with Crippen molar-refractivity contribution in [2.24, 2.45) is 0 Å². The van der Waals surface area contributed by atoms with Crippen molar-refractivity contribution in [3.05, 3.63) is 42.6 Å². The summed E-state index contributed by atoms with van der Waals surface area (Å²) in [5.41, 5.74) is 6.45. The third kappa shape index (κ3) is 1.94. The maximum Gasteiger partial charge on any atom is 0.201 e. The molecule has 0 spiro atoms. The minimum absolute atomic E-state index is 0.504. The van der Waals surface area contributed by atoms with Crippen LogP contribution in [-0.4, -0.2) is 19.6 Å². The number of fused-ring (bicyclic) bond motifs is 1. The molecule has 3 aromatic rings. The number of anilines is 1. The summed E-state index contributed by atoms with van der Waals surface area (Å²) >= 11 is 1.44. The van der Waals surface area contributed by atoms with Crippen LogP contribution in [0.15, 0.2) is 52.8 Å². The Labute approximate surface area is 102 Å². The van der Waals surface area contributed by atoms with Crippen LogP contribution in [0.2, 0.25) is 0 Å². The van der Waals surface area contributed by atoms with Gasteiger partial charge in [-0.05, 0) is 36.0 Å². The van der Waals surface area contributed by atoms with Crippen LogP contribution in [0.5, 0.6) is 0 Å². The van der Waals surface area contributed by atoms with E-state index in [0.29, 0.717) is 5.82 Å². The van der Waals surface area contributed by atoms with Crippen molar-refractivity contribution in [1.29, 1.82) is 0 Å². The lowest BCUT2D eigenvalue weighted by Gasteiger charge is -1.99. The average molecular weight is 243 g/mol. The highest BCUT2D eigenvalue weighted by molar-refractivity contribution is 7.99.